The van der Waals surface area contributed by atoms with Crippen molar-refractivity contribution in [1.29, 1.82) is 0 Å². The van der Waals surface area contributed by atoms with Gasteiger partial charge in [0.05, 0.1) is 0 Å². The van der Waals surface area contributed by atoms with Crippen LogP contribution in [-0.4, -0.2) is 30.6 Å². The molecule has 1 rings (SSSR count). The van der Waals surface area contributed by atoms with E-state index in [0.29, 0.717) is 0 Å². The van der Waals surface area contributed by atoms with Crippen LogP contribution in [0.5, 0.6) is 0 Å². The van der Waals surface area contributed by atoms with E-state index in [-0.39, 0.29) is 0 Å². The zero-order chi connectivity index (χ0) is 8.81. The Balaban J connectivity index is 2.39. The Morgan fingerprint density at radius 2 is 2.17 bits per heavy atom. The van der Waals surface area contributed by atoms with Gasteiger partial charge < -0.3 is 5.73 Å². The highest BCUT2D eigenvalue weighted by Crippen LogP contribution is 2.18. The van der Waals surface area contributed by atoms with Gasteiger partial charge in [-0.15, -0.1) is 0 Å². The molecular weight excluding hydrogens is 148 g/mol. The molecule has 1 saturated heterocycles. The number of nitrogens with zero attached hydrogens (tertiary/aromatic N) is 1. The third-order valence-electron chi connectivity index (χ3n) is 2.89. The largest absolute Gasteiger partial charge is 0.329 e. The molecular formula is C10H22N2. The molecule has 1 aliphatic heterocycles. The van der Waals surface area contributed by atoms with Gasteiger partial charge in [0, 0.05) is 19.1 Å². The lowest BCUT2D eigenvalue weighted by atomic mass is 10.1. The van der Waals surface area contributed by atoms with Gasteiger partial charge in [-0.05, 0) is 25.8 Å². The number of likely N-dealkylation sites (tertiary alicyclic amines) is 1. The topological polar surface area (TPSA) is 29.3 Å². The molecule has 0 bridgehead atoms. The van der Waals surface area contributed by atoms with Gasteiger partial charge in [-0.3, -0.25) is 4.90 Å². The molecule has 0 aromatic rings. The van der Waals surface area contributed by atoms with E-state index in [9.17, 15) is 0 Å². The second-order valence-electron chi connectivity index (χ2n) is 3.74. The second kappa shape index (κ2) is 5.55. The molecule has 0 aromatic carbocycles. The molecule has 2 nitrogen and oxygen atoms in total. The SMILES string of the molecule is CCC1CCCCCN1CCN. The molecule has 0 aromatic heterocycles. The van der Waals surface area contributed by atoms with Crippen LogP contribution >= 0.6 is 0 Å². The molecule has 1 unspecified atom stereocenters. The maximum Gasteiger partial charge on any atom is 0.0108 e. The maximum atomic E-state index is 5.59. The Hall–Kier alpha value is -0.0800. The minimum atomic E-state index is 0.816. The van der Waals surface area contributed by atoms with Crippen LogP contribution in [0, 0.1) is 0 Å². The highest BCUT2D eigenvalue weighted by molar-refractivity contribution is 4.74. The number of hydrogen-bond acceptors (Lipinski definition) is 2. The summed E-state index contributed by atoms with van der Waals surface area (Å²) in [6, 6.07) is 0.816. The predicted octanol–water partition coefficient (Wildman–Crippen LogP) is 1.60. The molecule has 1 fully saturated rings. The molecule has 0 spiro atoms. The van der Waals surface area contributed by atoms with Crippen molar-refractivity contribution in [3.8, 4) is 0 Å². The van der Waals surface area contributed by atoms with Gasteiger partial charge in [0.2, 0.25) is 0 Å². The van der Waals surface area contributed by atoms with Gasteiger partial charge in [0.25, 0.3) is 0 Å². The maximum absolute atomic E-state index is 5.59. The van der Waals surface area contributed by atoms with Gasteiger partial charge in [-0.1, -0.05) is 19.8 Å². The second-order valence-corrected chi connectivity index (χ2v) is 3.74. The summed E-state index contributed by atoms with van der Waals surface area (Å²) in [7, 11) is 0. The highest BCUT2D eigenvalue weighted by atomic mass is 15.2. The monoisotopic (exact) mass is 170 g/mol. The Kier molecular flexibility index (Phi) is 4.62. The Labute approximate surface area is 76.1 Å². The van der Waals surface area contributed by atoms with Crippen molar-refractivity contribution in [3.05, 3.63) is 0 Å². The van der Waals surface area contributed by atoms with Gasteiger partial charge in [0.1, 0.15) is 0 Å². The molecule has 72 valence electrons. The molecule has 0 saturated carbocycles. The summed E-state index contributed by atoms with van der Waals surface area (Å²) in [6.45, 7) is 5.48. The minimum Gasteiger partial charge on any atom is -0.329 e. The van der Waals surface area contributed by atoms with Crippen LogP contribution in [-0.2, 0) is 0 Å². The first-order valence-electron chi connectivity index (χ1n) is 5.32. The lowest BCUT2D eigenvalue weighted by molar-refractivity contribution is 0.200. The molecule has 12 heavy (non-hydrogen) atoms. The smallest absolute Gasteiger partial charge is 0.0108 e. The molecule has 1 atom stereocenters. The van der Waals surface area contributed by atoms with Gasteiger partial charge in [-0.25, -0.2) is 0 Å². The van der Waals surface area contributed by atoms with Crippen LogP contribution < -0.4 is 5.73 Å². The molecule has 1 aliphatic rings. The van der Waals surface area contributed by atoms with Crippen molar-refractivity contribution in [2.75, 3.05) is 19.6 Å². The Morgan fingerprint density at radius 3 is 2.83 bits per heavy atom. The summed E-state index contributed by atoms with van der Waals surface area (Å²) in [5, 5.41) is 0. The fourth-order valence-electron chi connectivity index (χ4n) is 2.16. The zero-order valence-electron chi connectivity index (χ0n) is 8.26. The van der Waals surface area contributed by atoms with Crippen molar-refractivity contribution in [2.45, 2.75) is 45.1 Å². The van der Waals surface area contributed by atoms with Crippen molar-refractivity contribution < 1.29 is 0 Å². The standard InChI is InChI=1S/C10H22N2/c1-2-10-6-4-3-5-8-12(10)9-7-11/h10H,2-9,11H2,1H3. The summed E-state index contributed by atoms with van der Waals surface area (Å²) >= 11 is 0. The summed E-state index contributed by atoms with van der Waals surface area (Å²) in [6.07, 6.45) is 6.88. The summed E-state index contributed by atoms with van der Waals surface area (Å²) in [5.74, 6) is 0. The van der Waals surface area contributed by atoms with Crippen molar-refractivity contribution in [1.82, 2.24) is 4.90 Å². The van der Waals surface area contributed by atoms with E-state index < -0.39 is 0 Å². The summed E-state index contributed by atoms with van der Waals surface area (Å²) in [4.78, 5) is 2.58. The van der Waals surface area contributed by atoms with Gasteiger partial charge in [-0.2, -0.15) is 0 Å². The number of hydrogen-bond donors (Lipinski definition) is 1. The predicted molar refractivity (Wildman–Crippen MR) is 53.2 cm³/mol. The average Bonchev–Trinajstić information content (AvgIpc) is 2.30. The first-order chi connectivity index (χ1) is 5.88. The normalized spacial score (nSPS) is 27.0. The summed E-state index contributed by atoms with van der Waals surface area (Å²) < 4.78 is 0. The van der Waals surface area contributed by atoms with E-state index in [4.69, 9.17) is 5.73 Å². The third kappa shape index (κ3) is 2.76. The van der Waals surface area contributed by atoms with Crippen LogP contribution in [0.25, 0.3) is 0 Å². The lowest BCUT2D eigenvalue weighted by Gasteiger charge is -2.28. The average molecular weight is 170 g/mol. The van der Waals surface area contributed by atoms with E-state index in [2.05, 4.69) is 11.8 Å². The van der Waals surface area contributed by atoms with E-state index in [0.717, 1.165) is 19.1 Å². The van der Waals surface area contributed by atoms with Crippen LogP contribution in [0.15, 0.2) is 0 Å². The van der Waals surface area contributed by atoms with Crippen molar-refractivity contribution >= 4 is 0 Å². The Morgan fingerprint density at radius 1 is 1.33 bits per heavy atom. The number of nitrogens with two attached hydrogens (primary N) is 1. The molecule has 0 amide bonds. The lowest BCUT2D eigenvalue weighted by Crippen LogP contribution is -2.37. The first kappa shape index (κ1) is 10.0. The molecule has 0 aliphatic carbocycles. The molecule has 2 N–H and O–H groups in total. The molecule has 0 radical (unpaired) electrons. The van der Waals surface area contributed by atoms with Crippen LogP contribution in [0.4, 0.5) is 0 Å². The summed E-state index contributed by atoms with van der Waals surface area (Å²) in [5.41, 5.74) is 5.59. The fourth-order valence-corrected chi connectivity index (χ4v) is 2.16. The van der Waals surface area contributed by atoms with E-state index >= 15 is 0 Å². The van der Waals surface area contributed by atoms with Gasteiger partial charge >= 0.3 is 0 Å². The number of rotatable bonds is 3. The van der Waals surface area contributed by atoms with Crippen LogP contribution in [0.2, 0.25) is 0 Å². The van der Waals surface area contributed by atoms with Crippen LogP contribution in [0.1, 0.15) is 39.0 Å². The van der Waals surface area contributed by atoms with E-state index in [1.165, 1.54) is 38.6 Å². The highest BCUT2D eigenvalue weighted by Gasteiger charge is 2.17. The molecule has 2 heteroatoms. The van der Waals surface area contributed by atoms with E-state index in [1.807, 2.05) is 0 Å². The Bertz CT molecular complexity index is 114. The quantitative estimate of drug-likeness (QED) is 0.697. The third-order valence-corrected chi connectivity index (χ3v) is 2.89. The van der Waals surface area contributed by atoms with Crippen molar-refractivity contribution in [3.63, 3.8) is 0 Å². The first-order valence-corrected chi connectivity index (χ1v) is 5.32. The molecule has 1 heterocycles. The van der Waals surface area contributed by atoms with Crippen LogP contribution in [0.3, 0.4) is 0 Å². The fraction of sp³-hybridized carbons (Fsp3) is 1.00. The van der Waals surface area contributed by atoms with Gasteiger partial charge in [0.15, 0.2) is 0 Å². The van der Waals surface area contributed by atoms with E-state index in [1.54, 1.807) is 0 Å². The minimum absolute atomic E-state index is 0.816. The van der Waals surface area contributed by atoms with Crippen molar-refractivity contribution in [2.24, 2.45) is 5.73 Å². The zero-order valence-corrected chi connectivity index (χ0v) is 8.26.